The Hall–Kier alpha value is -3.53. The van der Waals surface area contributed by atoms with Gasteiger partial charge < -0.3 is 16.0 Å². The molecule has 1 fully saturated rings. The number of rotatable bonds is 6. The number of amides is 3. The molecule has 10 heteroatoms. The monoisotopic (exact) mass is 481 g/mol. The van der Waals surface area contributed by atoms with Crippen molar-refractivity contribution in [3.05, 3.63) is 54.0 Å². The van der Waals surface area contributed by atoms with Crippen molar-refractivity contribution < 1.29 is 18.8 Å². The normalized spacial score (nSPS) is 16.9. The number of fused-ring (bicyclic) bond motifs is 1. The van der Waals surface area contributed by atoms with Crippen LogP contribution in [0.3, 0.4) is 0 Å². The number of hydrogen-bond acceptors (Lipinski definition) is 4. The van der Waals surface area contributed by atoms with Gasteiger partial charge in [0.05, 0.1) is 25.7 Å². The Balaban J connectivity index is 1.62. The highest BCUT2D eigenvalue weighted by Gasteiger charge is 2.32. The molecule has 0 saturated carbocycles. The highest BCUT2D eigenvalue weighted by atomic mass is 28.3. The first-order chi connectivity index (χ1) is 16.0. The van der Waals surface area contributed by atoms with E-state index in [0.29, 0.717) is 16.4 Å². The van der Waals surface area contributed by atoms with E-state index in [9.17, 15) is 18.8 Å². The fourth-order valence-corrected chi connectivity index (χ4v) is 5.50. The molecule has 34 heavy (non-hydrogen) atoms. The van der Waals surface area contributed by atoms with E-state index in [1.54, 1.807) is 35.1 Å². The first-order valence-electron chi connectivity index (χ1n) is 11.1. The Morgan fingerprint density at radius 1 is 1.21 bits per heavy atom. The highest BCUT2D eigenvalue weighted by molar-refractivity contribution is 6.88. The number of nitrogens with zero attached hydrogens (tertiary/aromatic N) is 2. The number of carbonyl (C=O) groups excluding carboxylic acids is 3. The van der Waals surface area contributed by atoms with Crippen molar-refractivity contribution >= 4 is 47.6 Å². The Morgan fingerprint density at radius 3 is 2.62 bits per heavy atom. The van der Waals surface area contributed by atoms with Crippen LogP contribution in [0.5, 0.6) is 0 Å². The maximum absolute atomic E-state index is 14.7. The van der Waals surface area contributed by atoms with Crippen molar-refractivity contribution in [1.82, 2.24) is 20.4 Å². The van der Waals surface area contributed by atoms with Gasteiger partial charge in [-0.3, -0.25) is 19.1 Å². The van der Waals surface area contributed by atoms with Crippen LogP contribution in [0, 0.1) is 11.7 Å². The molecule has 8 nitrogen and oxygen atoms in total. The van der Waals surface area contributed by atoms with Crippen LogP contribution in [0.4, 0.5) is 10.1 Å². The summed E-state index contributed by atoms with van der Waals surface area (Å²) in [6.45, 7) is 6.37. The number of aromatic nitrogens is 2. The third-order valence-corrected chi connectivity index (χ3v) is 8.07. The number of hydrogen-bond donors (Lipinski definition) is 3. The molecule has 0 aliphatic carbocycles. The van der Waals surface area contributed by atoms with Gasteiger partial charge in [-0.15, -0.1) is 0 Å². The second-order valence-electron chi connectivity index (χ2n) is 9.67. The maximum atomic E-state index is 14.7. The minimum Gasteiger partial charge on any atom is -0.355 e. The number of aryl methyl sites for hydroxylation is 1. The molecule has 1 aliphatic rings. The Kier molecular flexibility index (Phi) is 6.26. The van der Waals surface area contributed by atoms with Gasteiger partial charge in [-0.2, -0.15) is 5.10 Å². The molecule has 2 atom stereocenters. The van der Waals surface area contributed by atoms with Crippen LogP contribution < -0.4 is 21.1 Å². The molecule has 0 radical (unpaired) electrons. The van der Waals surface area contributed by atoms with Crippen molar-refractivity contribution in [3.8, 4) is 0 Å². The van der Waals surface area contributed by atoms with Gasteiger partial charge in [-0.25, -0.2) is 4.39 Å². The third kappa shape index (κ3) is 4.86. The van der Waals surface area contributed by atoms with Crippen LogP contribution in [-0.2, 0) is 21.4 Å². The van der Waals surface area contributed by atoms with E-state index < -0.39 is 31.8 Å². The zero-order valence-corrected chi connectivity index (χ0v) is 20.6. The van der Waals surface area contributed by atoms with Gasteiger partial charge in [0.1, 0.15) is 11.9 Å². The topological polar surface area (TPSA) is 105 Å². The van der Waals surface area contributed by atoms with Crippen LogP contribution in [0.15, 0.2) is 42.6 Å². The molecule has 3 N–H and O–H groups in total. The van der Waals surface area contributed by atoms with Crippen molar-refractivity contribution in [2.45, 2.75) is 32.1 Å². The van der Waals surface area contributed by atoms with E-state index in [1.165, 1.54) is 6.07 Å². The second-order valence-corrected chi connectivity index (χ2v) is 14.7. The van der Waals surface area contributed by atoms with Crippen LogP contribution in [-0.4, -0.2) is 42.1 Å². The Labute approximate surface area is 197 Å². The predicted octanol–water partition coefficient (Wildman–Crippen LogP) is 2.19. The van der Waals surface area contributed by atoms with Crippen LogP contribution >= 0.6 is 0 Å². The van der Waals surface area contributed by atoms with Gasteiger partial charge in [-0.1, -0.05) is 31.8 Å². The van der Waals surface area contributed by atoms with Gasteiger partial charge in [-0.05, 0) is 35.0 Å². The highest BCUT2D eigenvalue weighted by Crippen LogP contribution is 2.23. The zero-order valence-electron chi connectivity index (χ0n) is 19.6. The number of carbonyl (C=O) groups is 3. The molecule has 2 heterocycles. The first kappa shape index (κ1) is 23.6. The van der Waals surface area contributed by atoms with E-state index in [-0.39, 0.29) is 24.7 Å². The average molecular weight is 482 g/mol. The summed E-state index contributed by atoms with van der Waals surface area (Å²) in [7, 11) is -0.0518. The van der Waals surface area contributed by atoms with Gasteiger partial charge >= 0.3 is 0 Å². The molecule has 0 bridgehead atoms. The van der Waals surface area contributed by atoms with E-state index >= 15 is 0 Å². The molecular weight excluding hydrogens is 453 g/mol. The summed E-state index contributed by atoms with van der Waals surface area (Å²) in [4.78, 5) is 37.7. The van der Waals surface area contributed by atoms with Gasteiger partial charge in [0.2, 0.25) is 11.8 Å². The minimum atomic E-state index is -1.87. The van der Waals surface area contributed by atoms with Crippen LogP contribution in [0.1, 0.15) is 18.0 Å². The maximum Gasteiger partial charge on any atom is 0.251 e. The minimum absolute atomic E-state index is 0.0746. The Bertz CT molecular complexity index is 1280. The molecule has 1 saturated heterocycles. The lowest BCUT2D eigenvalue weighted by atomic mass is 10.0. The van der Waals surface area contributed by atoms with Gasteiger partial charge in [0, 0.05) is 31.1 Å². The quantitative estimate of drug-likeness (QED) is 0.470. The molecule has 2 aromatic carbocycles. The molecule has 3 amide bonds. The van der Waals surface area contributed by atoms with Gasteiger partial charge in [0.25, 0.3) is 5.91 Å². The largest absolute Gasteiger partial charge is 0.355 e. The summed E-state index contributed by atoms with van der Waals surface area (Å²) in [5.74, 6) is -2.02. The van der Waals surface area contributed by atoms with Crippen molar-refractivity contribution in [3.63, 3.8) is 0 Å². The average Bonchev–Trinajstić information content (AvgIpc) is 3.36. The summed E-state index contributed by atoms with van der Waals surface area (Å²) in [6.07, 6.45) is 1.75. The SMILES string of the molecule is Cn1ncc2cc([C@@H](NC(=O)[C@@H]3CNC(=O)C3)C(=O)Nc3ccc([Si](C)(C)C)c(F)c3)ccc21. The van der Waals surface area contributed by atoms with E-state index in [2.05, 4.69) is 21.0 Å². The van der Waals surface area contributed by atoms with E-state index in [4.69, 9.17) is 0 Å². The van der Waals surface area contributed by atoms with Crippen molar-refractivity contribution in [2.24, 2.45) is 13.0 Å². The summed E-state index contributed by atoms with van der Waals surface area (Å²) in [6, 6.07) is 9.04. The van der Waals surface area contributed by atoms with Crippen LogP contribution in [0.25, 0.3) is 10.9 Å². The third-order valence-electron chi connectivity index (χ3n) is 6.05. The molecule has 0 spiro atoms. The zero-order chi connectivity index (χ0) is 24.6. The lowest BCUT2D eigenvalue weighted by Gasteiger charge is -2.22. The smallest absolute Gasteiger partial charge is 0.251 e. The summed E-state index contributed by atoms with van der Waals surface area (Å²) in [5, 5.41) is 13.9. The van der Waals surface area contributed by atoms with Gasteiger partial charge in [0.15, 0.2) is 0 Å². The van der Waals surface area contributed by atoms with E-state index in [1.807, 2.05) is 32.8 Å². The summed E-state index contributed by atoms with van der Waals surface area (Å²) in [5.41, 5.74) is 1.75. The molecule has 3 aromatic rings. The molecule has 178 valence electrons. The molecule has 0 unspecified atom stereocenters. The lowest BCUT2D eigenvalue weighted by molar-refractivity contribution is -0.129. The van der Waals surface area contributed by atoms with E-state index in [0.717, 1.165) is 10.9 Å². The molecule has 1 aliphatic heterocycles. The molecule has 4 rings (SSSR count). The Morgan fingerprint density at radius 2 is 1.97 bits per heavy atom. The van der Waals surface area contributed by atoms with Crippen LogP contribution in [0.2, 0.25) is 19.6 Å². The lowest BCUT2D eigenvalue weighted by Crippen LogP contribution is -2.41. The first-order valence-corrected chi connectivity index (χ1v) is 14.6. The van der Waals surface area contributed by atoms with Crippen molar-refractivity contribution in [2.75, 3.05) is 11.9 Å². The molecular formula is C24H28FN5O3Si. The standard InChI is InChI=1S/C24H28FN5O3Si/c1-30-19-7-5-14(9-15(19)13-27-30)22(29-23(32)16-10-21(31)26-12-16)24(33)28-17-6-8-20(18(25)11-17)34(2,3)4/h5-9,11,13,16,22H,10,12H2,1-4H3,(H,26,31)(H,28,33)(H,29,32)/t16-,22+/m0/s1. The number of nitrogens with one attached hydrogen (secondary N) is 3. The number of benzene rings is 2. The molecule has 1 aromatic heterocycles. The number of halogens is 1. The fraction of sp³-hybridized carbons (Fsp3) is 0.333. The van der Waals surface area contributed by atoms with Crippen molar-refractivity contribution in [1.29, 1.82) is 0 Å². The summed E-state index contributed by atoms with van der Waals surface area (Å²) < 4.78 is 16.4. The number of anilines is 1. The summed E-state index contributed by atoms with van der Waals surface area (Å²) >= 11 is 0. The fourth-order valence-electron chi connectivity index (χ4n) is 4.13. The second kappa shape index (κ2) is 9.01. The predicted molar refractivity (Wildman–Crippen MR) is 131 cm³/mol.